The third-order valence-corrected chi connectivity index (χ3v) is 5.13. The summed E-state index contributed by atoms with van der Waals surface area (Å²) >= 11 is 0. The minimum Gasteiger partial charge on any atom is -0.440 e. The summed E-state index contributed by atoms with van der Waals surface area (Å²) < 4.78 is 5.81. The van der Waals surface area contributed by atoms with Gasteiger partial charge in [0.2, 0.25) is 11.8 Å². The fourth-order valence-electron chi connectivity index (χ4n) is 3.52. The first-order chi connectivity index (χ1) is 13.8. The lowest BCUT2D eigenvalue weighted by molar-refractivity contribution is -0.118. The Kier molecular flexibility index (Phi) is 4.65. The number of rotatable bonds is 3. The molecule has 6 nitrogen and oxygen atoms in total. The summed E-state index contributed by atoms with van der Waals surface area (Å²) in [4.78, 5) is 31.1. The van der Waals surface area contributed by atoms with Crippen molar-refractivity contribution < 1.29 is 14.0 Å². The van der Waals surface area contributed by atoms with Crippen molar-refractivity contribution in [3.8, 4) is 0 Å². The monoisotopic (exact) mass is 391 g/mol. The normalized spacial score (nSPS) is 13.6. The van der Waals surface area contributed by atoms with E-state index in [4.69, 9.17) is 4.42 Å². The van der Waals surface area contributed by atoms with Crippen LogP contribution in [-0.4, -0.2) is 23.3 Å². The lowest BCUT2D eigenvalue weighted by Crippen LogP contribution is -2.27. The molecular weight excluding hydrogens is 366 g/mol. The SMILES string of the molecule is CCC(=O)N1CCc2cc(C(=O)Nc3ccc4oc(C(C)(C)C)nc4c3)ccc21. The molecule has 0 atom stereocenters. The van der Waals surface area contributed by atoms with E-state index in [0.29, 0.717) is 35.7 Å². The molecule has 150 valence electrons. The van der Waals surface area contributed by atoms with Gasteiger partial charge in [0.15, 0.2) is 5.58 Å². The van der Waals surface area contributed by atoms with Crippen LogP contribution in [0.5, 0.6) is 0 Å². The zero-order valence-electron chi connectivity index (χ0n) is 17.2. The van der Waals surface area contributed by atoms with E-state index in [9.17, 15) is 9.59 Å². The van der Waals surface area contributed by atoms with Crippen LogP contribution in [0.3, 0.4) is 0 Å². The van der Waals surface area contributed by atoms with Crippen molar-refractivity contribution >= 4 is 34.3 Å². The maximum atomic E-state index is 12.8. The van der Waals surface area contributed by atoms with Gasteiger partial charge in [-0.05, 0) is 48.4 Å². The van der Waals surface area contributed by atoms with E-state index in [2.05, 4.69) is 10.3 Å². The number of anilines is 2. The van der Waals surface area contributed by atoms with Crippen molar-refractivity contribution in [1.29, 1.82) is 0 Å². The highest BCUT2D eigenvalue weighted by Gasteiger charge is 2.25. The minimum absolute atomic E-state index is 0.108. The summed E-state index contributed by atoms with van der Waals surface area (Å²) in [6.07, 6.45) is 1.24. The van der Waals surface area contributed by atoms with Crippen LogP contribution in [0.1, 0.15) is 55.9 Å². The zero-order valence-corrected chi connectivity index (χ0v) is 17.2. The van der Waals surface area contributed by atoms with Gasteiger partial charge in [0.05, 0.1) is 0 Å². The lowest BCUT2D eigenvalue weighted by Gasteiger charge is -2.16. The van der Waals surface area contributed by atoms with E-state index >= 15 is 0 Å². The molecule has 6 heteroatoms. The first-order valence-electron chi connectivity index (χ1n) is 9.92. The van der Waals surface area contributed by atoms with Gasteiger partial charge in [0.1, 0.15) is 5.52 Å². The number of benzene rings is 2. The van der Waals surface area contributed by atoms with Gasteiger partial charge in [0, 0.05) is 35.3 Å². The average molecular weight is 391 g/mol. The molecule has 0 saturated heterocycles. The molecule has 1 aromatic heterocycles. The summed E-state index contributed by atoms with van der Waals surface area (Å²) in [7, 11) is 0. The predicted molar refractivity (Wildman–Crippen MR) is 113 cm³/mol. The van der Waals surface area contributed by atoms with E-state index in [1.165, 1.54) is 0 Å². The Hall–Kier alpha value is -3.15. The highest BCUT2D eigenvalue weighted by molar-refractivity contribution is 6.06. The number of hydrogen-bond acceptors (Lipinski definition) is 4. The largest absolute Gasteiger partial charge is 0.440 e. The van der Waals surface area contributed by atoms with E-state index in [-0.39, 0.29) is 17.2 Å². The van der Waals surface area contributed by atoms with Gasteiger partial charge >= 0.3 is 0 Å². The Balaban J connectivity index is 1.55. The quantitative estimate of drug-likeness (QED) is 0.704. The van der Waals surface area contributed by atoms with Crippen molar-refractivity contribution in [1.82, 2.24) is 4.98 Å². The maximum Gasteiger partial charge on any atom is 0.255 e. The number of nitrogens with one attached hydrogen (secondary N) is 1. The predicted octanol–water partition coefficient (Wildman–Crippen LogP) is 4.68. The molecule has 29 heavy (non-hydrogen) atoms. The summed E-state index contributed by atoms with van der Waals surface area (Å²) in [5, 5.41) is 2.93. The molecule has 4 rings (SSSR count). The van der Waals surface area contributed by atoms with Gasteiger partial charge in [-0.2, -0.15) is 0 Å². The van der Waals surface area contributed by atoms with E-state index in [0.717, 1.165) is 23.2 Å². The van der Waals surface area contributed by atoms with Crippen molar-refractivity contribution in [2.75, 3.05) is 16.8 Å². The Morgan fingerprint density at radius 2 is 1.97 bits per heavy atom. The Labute approximate surface area is 169 Å². The number of nitrogens with zero attached hydrogens (tertiary/aromatic N) is 2. The summed E-state index contributed by atoms with van der Waals surface area (Å²) in [5.41, 5.74) is 4.42. The smallest absolute Gasteiger partial charge is 0.255 e. The maximum absolute atomic E-state index is 12.8. The second-order valence-electron chi connectivity index (χ2n) is 8.40. The molecule has 1 aliphatic heterocycles. The molecule has 2 aromatic carbocycles. The molecule has 0 spiro atoms. The number of carbonyl (C=O) groups excluding carboxylic acids is 2. The summed E-state index contributed by atoms with van der Waals surface area (Å²) in [6.45, 7) is 8.67. The highest BCUT2D eigenvalue weighted by Crippen LogP contribution is 2.30. The first-order valence-corrected chi connectivity index (χ1v) is 9.92. The average Bonchev–Trinajstić information content (AvgIpc) is 3.30. The van der Waals surface area contributed by atoms with Crippen molar-refractivity contribution in [2.45, 2.75) is 46.0 Å². The second kappa shape index (κ2) is 7.03. The molecule has 0 aliphatic carbocycles. The molecule has 2 heterocycles. The van der Waals surface area contributed by atoms with Crippen molar-refractivity contribution in [3.05, 3.63) is 53.4 Å². The summed E-state index contributed by atoms with van der Waals surface area (Å²) in [6, 6.07) is 11.0. The molecule has 3 aromatic rings. The molecule has 2 amide bonds. The first kappa shape index (κ1) is 19.2. The van der Waals surface area contributed by atoms with E-state index < -0.39 is 0 Å². The van der Waals surface area contributed by atoms with Gasteiger partial charge in [-0.1, -0.05) is 27.7 Å². The van der Waals surface area contributed by atoms with Crippen LogP contribution >= 0.6 is 0 Å². The zero-order chi connectivity index (χ0) is 20.8. The van der Waals surface area contributed by atoms with Gasteiger partial charge in [-0.25, -0.2) is 4.98 Å². The molecule has 0 fully saturated rings. The van der Waals surface area contributed by atoms with Crippen LogP contribution in [-0.2, 0) is 16.6 Å². The Morgan fingerprint density at radius 1 is 1.17 bits per heavy atom. The van der Waals surface area contributed by atoms with Gasteiger partial charge in [0.25, 0.3) is 5.91 Å². The Morgan fingerprint density at radius 3 is 2.69 bits per heavy atom. The molecule has 0 bridgehead atoms. The van der Waals surface area contributed by atoms with E-state index in [1.807, 2.05) is 58.0 Å². The summed E-state index contributed by atoms with van der Waals surface area (Å²) in [5.74, 6) is 0.587. The van der Waals surface area contributed by atoms with E-state index in [1.54, 1.807) is 11.0 Å². The standard InChI is InChI=1S/C23H25N3O3/c1-5-20(27)26-11-10-14-12-15(6-8-18(14)26)21(28)24-16-7-9-19-17(13-16)25-22(29-19)23(2,3)4/h6-9,12-13H,5,10-11H2,1-4H3,(H,24,28). The van der Waals surface area contributed by atoms with Gasteiger partial charge < -0.3 is 14.6 Å². The molecule has 1 aliphatic rings. The lowest BCUT2D eigenvalue weighted by atomic mass is 9.97. The number of amides is 2. The molecule has 1 N–H and O–H groups in total. The van der Waals surface area contributed by atoms with Crippen molar-refractivity contribution in [3.63, 3.8) is 0 Å². The minimum atomic E-state index is -0.188. The van der Waals surface area contributed by atoms with Crippen LogP contribution in [0, 0.1) is 0 Å². The van der Waals surface area contributed by atoms with Crippen LogP contribution in [0.25, 0.3) is 11.1 Å². The molecule has 0 radical (unpaired) electrons. The number of aromatic nitrogens is 1. The van der Waals surface area contributed by atoms with Gasteiger partial charge in [-0.3, -0.25) is 9.59 Å². The van der Waals surface area contributed by atoms with Crippen molar-refractivity contribution in [2.24, 2.45) is 0 Å². The topological polar surface area (TPSA) is 75.4 Å². The Bertz CT molecular complexity index is 1110. The fourth-order valence-corrected chi connectivity index (χ4v) is 3.52. The molecule has 0 saturated carbocycles. The highest BCUT2D eigenvalue weighted by atomic mass is 16.3. The number of fused-ring (bicyclic) bond motifs is 2. The number of hydrogen-bond donors (Lipinski definition) is 1. The van der Waals surface area contributed by atoms with Crippen LogP contribution in [0.2, 0.25) is 0 Å². The second-order valence-corrected chi connectivity index (χ2v) is 8.40. The third kappa shape index (κ3) is 3.62. The van der Waals surface area contributed by atoms with Gasteiger partial charge in [-0.15, -0.1) is 0 Å². The number of oxazole rings is 1. The van der Waals surface area contributed by atoms with Crippen LogP contribution < -0.4 is 10.2 Å². The number of carbonyl (C=O) groups is 2. The van der Waals surface area contributed by atoms with Crippen LogP contribution in [0.4, 0.5) is 11.4 Å². The molecular formula is C23H25N3O3. The third-order valence-electron chi connectivity index (χ3n) is 5.13. The van der Waals surface area contributed by atoms with Crippen LogP contribution in [0.15, 0.2) is 40.8 Å². The fraction of sp³-hybridized carbons (Fsp3) is 0.348. The molecule has 0 unspecified atom stereocenters.